The van der Waals surface area contributed by atoms with E-state index < -0.39 is 5.60 Å². The van der Waals surface area contributed by atoms with Crippen molar-refractivity contribution in [3.8, 4) is 0 Å². The van der Waals surface area contributed by atoms with Crippen molar-refractivity contribution in [2.45, 2.75) is 123 Å². The zero-order chi connectivity index (χ0) is 28.3. The second-order valence-corrected chi connectivity index (χ2v) is 15.1. The minimum Gasteiger partial charge on any atom is -0.393 e. The molecule has 0 spiro atoms. The third kappa shape index (κ3) is 5.11. The molecule has 9 atom stereocenters. The molecule has 4 fully saturated rings. The fraction of sp³-hybridized carbons (Fsp3) is 0.879. The van der Waals surface area contributed by atoms with Gasteiger partial charge in [-0.25, -0.2) is 0 Å². The Labute approximate surface area is 236 Å². The van der Waals surface area contributed by atoms with Crippen molar-refractivity contribution in [2.24, 2.45) is 40.4 Å². The molecule has 2 N–H and O–H groups in total. The van der Waals surface area contributed by atoms with Crippen molar-refractivity contribution in [1.29, 1.82) is 0 Å². The Morgan fingerprint density at radius 3 is 2.54 bits per heavy atom. The Morgan fingerprint density at radius 2 is 1.85 bits per heavy atom. The van der Waals surface area contributed by atoms with Gasteiger partial charge in [0.15, 0.2) is 0 Å². The molecule has 39 heavy (non-hydrogen) atoms. The molecule has 0 aromatic heterocycles. The van der Waals surface area contributed by atoms with Crippen molar-refractivity contribution < 1.29 is 19.8 Å². The van der Waals surface area contributed by atoms with Gasteiger partial charge < -0.3 is 20.0 Å². The van der Waals surface area contributed by atoms with Gasteiger partial charge in [-0.15, -0.1) is 0 Å². The third-order valence-corrected chi connectivity index (χ3v) is 12.4. The van der Waals surface area contributed by atoms with E-state index in [0.717, 1.165) is 43.4 Å². The highest BCUT2D eigenvalue weighted by molar-refractivity contribution is 5.84. The first-order valence-electron chi connectivity index (χ1n) is 15.9. The minimum absolute atomic E-state index is 0.0250. The molecule has 5 rings (SSSR count). The number of fused-ring (bicyclic) bond motifs is 5. The number of carbonyl (C=O) groups excluding carboxylic acids is 2. The summed E-state index contributed by atoms with van der Waals surface area (Å²) >= 11 is 0. The topological polar surface area (TPSA) is 81.1 Å². The van der Waals surface area contributed by atoms with Crippen LogP contribution in [0.3, 0.4) is 0 Å². The number of aliphatic hydroxyl groups is 2. The zero-order valence-corrected chi connectivity index (χ0v) is 25.4. The van der Waals surface area contributed by atoms with Crippen LogP contribution < -0.4 is 0 Å². The van der Waals surface area contributed by atoms with Crippen LogP contribution in [0.1, 0.15) is 106 Å². The zero-order valence-electron chi connectivity index (χ0n) is 25.4. The van der Waals surface area contributed by atoms with Gasteiger partial charge in [-0.2, -0.15) is 0 Å². The van der Waals surface area contributed by atoms with Gasteiger partial charge in [0.2, 0.25) is 5.91 Å². The second-order valence-electron chi connectivity index (χ2n) is 15.1. The number of aliphatic hydroxyl groups excluding tert-OH is 1. The first-order chi connectivity index (χ1) is 18.3. The summed E-state index contributed by atoms with van der Waals surface area (Å²) in [5.74, 6) is 3.49. The molecule has 6 heteroatoms. The maximum Gasteiger partial charge on any atom is 0.254 e. The smallest absolute Gasteiger partial charge is 0.254 e. The minimum atomic E-state index is -1.37. The molecular formula is C33H54N2O4. The normalized spacial score (nSPS) is 41.3. The third-order valence-electron chi connectivity index (χ3n) is 12.4. The van der Waals surface area contributed by atoms with E-state index in [1.807, 2.05) is 11.8 Å². The molecule has 4 aliphatic carbocycles. The summed E-state index contributed by atoms with van der Waals surface area (Å²) in [7, 11) is 0. The molecular weight excluding hydrogens is 488 g/mol. The van der Waals surface area contributed by atoms with Gasteiger partial charge in [0.1, 0.15) is 5.60 Å². The van der Waals surface area contributed by atoms with Crippen LogP contribution in [0, 0.1) is 40.4 Å². The van der Waals surface area contributed by atoms with Gasteiger partial charge in [0.05, 0.1) is 6.10 Å². The van der Waals surface area contributed by atoms with Crippen LogP contribution in [0.25, 0.3) is 0 Å². The van der Waals surface area contributed by atoms with Gasteiger partial charge in [-0.05, 0) is 119 Å². The number of piperazine rings is 1. The lowest BCUT2D eigenvalue weighted by molar-refractivity contribution is -0.153. The van der Waals surface area contributed by atoms with E-state index in [-0.39, 0.29) is 29.4 Å². The van der Waals surface area contributed by atoms with Crippen LogP contribution in [0.2, 0.25) is 0 Å². The SMILES string of the molecule is C[C@H](CCC(=O)N1CCN(C(=O)C(C)(C)O)C[C@@H]1C)[C@H]1CC[C@H]2[C@@H]3CC=C4C[C@@H](O)CC[C@]4(C)[C@H]3CC[C@]12C. The second kappa shape index (κ2) is 10.5. The molecule has 0 radical (unpaired) electrons. The Balaban J connectivity index is 1.18. The average molecular weight is 543 g/mol. The molecule has 220 valence electrons. The van der Waals surface area contributed by atoms with Crippen LogP contribution in [-0.4, -0.2) is 69.2 Å². The molecule has 1 saturated heterocycles. The van der Waals surface area contributed by atoms with E-state index in [2.05, 4.69) is 26.8 Å². The molecule has 2 amide bonds. The first kappa shape index (κ1) is 29.1. The summed E-state index contributed by atoms with van der Waals surface area (Å²) in [5.41, 5.74) is 0.836. The lowest BCUT2D eigenvalue weighted by atomic mass is 9.47. The van der Waals surface area contributed by atoms with Crippen LogP contribution in [-0.2, 0) is 9.59 Å². The highest BCUT2D eigenvalue weighted by Crippen LogP contribution is 2.67. The summed E-state index contributed by atoms with van der Waals surface area (Å²) in [6.45, 7) is 14.1. The van der Waals surface area contributed by atoms with Gasteiger partial charge in [0, 0.05) is 32.1 Å². The molecule has 3 saturated carbocycles. The number of allylic oxidation sites excluding steroid dienone is 1. The first-order valence-corrected chi connectivity index (χ1v) is 15.9. The maximum atomic E-state index is 13.3. The standard InChI is InChI=1S/C33H54N2O4/c1-21(7-12-29(37)35-18-17-34(20-22(35)2)30(38)31(3,4)39)26-10-11-27-25-9-8-23-19-24(36)13-15-32(23,5)28(25)14-16-33(26,27)6/h8,21-22,24-28,36,39H,7,9-20H2,1-6H3/t21-,22+,24+,25+,26-,27+,28+,32+,33-/m1/s1. The lowest BCUT2D eigenvalue weighted by Crippen LogP contribution is -2.58. The molecule has 1 aliphatic heterocycles. The van der Waals surface area contributed by atoms with Crippen molar-refractivity contribution in [3.63, 3.8) is 0 Å². The van der Waals surface area contributed by atoms with Gasteiger partial charge in [-0.3, -0.25) is 9.59 Å². The summed E-state index contributed by atoms with van der Waals surface area (Å²) in [5, 5.41) is 20.4. The average Bonchev–Trinajstić information content (AvgIpc) is 3.23. The molecule has 0 unspecified atom stereocenters. The maximum absolute atomic E-state index is 13.3. The van der Waals surface area contributed by atoms with E-state index in [4.69, 9.17) is 0 Å². The van der Waals surface area contributed by atoms with E-state index in [1.165, 1.54) is 46.0 Å². The van der Waals surface area contributed by atoms with Crippen LogP contribution in [0.4, 0.5) is 0 Å². The number of nitrogens with zero attached hydrogens (tertiary/aromatic N) is 2. The lowest BCUT2D eigenvalue weighted by Gasteiger charge is -2.58. The summed E-state index contributed by atoms with van der Waals surface area (Å²) in [6.07, 6.45) is 13.3. The Morgan fingerprint density at radius 1 is 1.10 bits per heavy atom. The summed E-state index contributed by atoms with van der Waals surface area (Å²) in [4.78, 5) is 29.4. The predicted molar refractivity (Wildman–Crippen MR) is 154 cm³/mol. The monoisotopic (exact) mass is 542 g/mol. The van der Waals surface area contributed by atoms with Gasteiger partial charge in [0.25, 0.3) is 5.91 Å². The van der Waals surface area contributed by atoms with Crippen molar-refractivity contribution >= 4 is 11.8 Å². The molecule has 1 heterocycles. The number of rotatable bonds is 5. The molecule has 0 aromatic rings. The van der Waals surface area contributed by atoms with Crippen molar-refractivity contribution in [1.82, 2.24) is 9.80 Å². The van der Waals surface area contributed by atoms with Crippen LogP contribution in [0.15, 0.2) is 11.6 Å². The summed E-state index contributed by atoms with van der Waals surface area (Å²) in [6, 6.07) is -0.0250. The fourth-order valence-electron chi connectivity index (χ4n) is 10.2. The van der Waals surface area contributed by atoms with E-state index in [9.17, 15) is 19.8 Å². The highest BCUT2D eigenvalue weighted by atomic mass is 16.3. The molecule has 0 bridgehead atoms. The molecule has 6 nitrogen and oxygen atoms in total. The Kier molecular flexibility index (Phi) is 7.80. The largest absolute Gasteiger partial charge is 0.393 e. The molecule has 5 aliphatic rings. The number of hydrogen-bond donors (Lipinski definition) is 2. The quantitative estimate of drug-likeness (QED) is 0.470. The molecule has 0 aromatic carbocycles. The Bertz CT molecular complexity index is 987. The predicted octanol–water partition coefficient (Wildman–Crippen LogP) is 5.17. The van der Waals surface area contributed by atoms with Crippen molar-refractivity contribution in [3.05, 3.63) is 11.6 Å². The fourth-order valence-corrected chi connectivity index (χ4v) is 10.2. The van der Waals surface area contributed by atoms with Crippen LogP contribution >= 0.6 is 0 Å². The van der Waals surface area contributed by atoms with Crippen LogP contribution in [0.5, 0.6) is 0 Å². The van der Waals surface area contributed by atoms with E-state index in [0.29, 0.717) is 43.3 Å². The van der Waals surface area contributed by atoms with Crippen molar-refractivity contribution in [2.75, 3.05) is 19.6 Å². The van der Waals surface area contributed by atoms with Gasteiger partial charge >= 0.3 is 0 Å². The van der Waals surface area contributed by atoms with Gasteiger partial charge in [-0.1, -0.05) is 32.4 Å². The number of hydrogen-bond acceptors (Lipinski definition) is 4. The number of amides is 2. The highest BCUT2D eigenvalue weighted by Gasteiger charge is 2.59. The summed E-state index contributed by atoms with van der Waals surface area (Å²) < 4.78 is 0. The number of carbonyl (C=O) groups is 2. The van der Waals surface area contributed by atoms with E-state index >= 15 is 0 Å². The van der Waals surface area contributed by atoms with E-state index in [1.54, 1.807) is 10.5 Å². The Hall–Kier alpha value is -1.40.